The summed E-state index contributed by atoms with van der Waals surface area (Å²) >= 11 is 0. The van der Waals surface area contributed by atoms with Gasteiger partial charge in [-0.05, 0) is 0 Å². The van der Waals surface area contributed by atoms with Gasteiger partial charge < -0.3 is 16.7 Å². The summed E-state index contributed by atoms with van der Waals surface area (Å²) in [5.74, 6) is -2.40. The van der Waals surface area contributed by atoms with E-state index < -0.39 is 30.9 Å². The molecule has 0 aliphatic rings. The van der Waals surface area contributed by atoms with Crippen LogP contribution in [0.1, 0.15) is 14.3 Å². The number of hydrogen-bond acceptors (Lipinski definition) is 3. The number of aliphatic carboxylic acids is 2. The van der Waals surface area contributed by atoms with E-state index in [1.165, 1.54) is 0 Å². The van der Waals surface area contributed by atoms with Crippen molar-refractivity contribution in [3.05, 3.63) is 0 Å². The number of hydrogen-bond donors (Lipinski definition) is 3. The Morgan fingerprint density at radius 1 is 1.18 bits per heavy atom. The van der Waals surface area contributed by atoms with Crippen molar-refractivity contribution in [1.82, 2.24) is 0 Å². The SMILES string of the molecule is O=C(O)CC(O)CC(=O)O.[H-].[K+]. The zero-order valence-corrected chi connectivity index (χ0v) is 9.27. The molecule has 0 atom stereocenters. The standard InChI is InChI=1S/C5H8O5.K.H/c6-3(1-4(7)8)2-5(9)10;;/h3,6H,1-2H2,(H,7,8)(H,9,10);;/q;+1;-1. The Hall–Kier alpha value is 0.536. The summed E-state index contributed by atoms with van der Waals surface area (Å²) in [6.07, 6.45) is -2.33. The number of rotatable bonds is 4. The molecule has 0 heterocycles. The van der Waals surface area contributed by atoms with Gasteiger partial charge in [-0.1, -0.05) is 0 Å². The number of aliphatic hydroxyl groups is 1. The molecule has 0 aromatic rings. The van der Waals surface area contributed by atoms with E-state index in [0.29, 0.717) is 0 Å². The molecule has 0 aliphatic carbocycles. The summed E-state index contributed by atoms with van der Waals surface area (Å²) in [5, 5.41) is 24.7. The van der Waals surface area contributed by atoms with Crippen molar-refractivity contribution in [2.75, 3.05) is 0 Å². The van der Waals surface area contributed by atoms with Crippen LogP contribution in [0.5, 0.6) is 0 Å². The van der Waals surface area contributed by atoms with Crippen molar-refractivity contribution in [3.63, 3.8) is 0 Å². The van der Waals surface area contributed by atoms with Gasteiger partial charge in [0.2, 0.25) is 0 Å². The third kappa shape index (κ3) is 10.5. The third-order valence-corrected chi connectivity index (χ3v) is 0.820. The first-order valence-electron chi connectivity index (χ1n) is 2.64. The average Bonchev–Trinajstić information content (AvgIpc) is 1.58. The molecule has 0 fully saturated rings. The summed E-state index contributed by atoms with van der Waals surface area (Å²) < 4.78 is 0. The molecule has 6 heteroatoms. The predicted molar refractivity (Wildman–Crippen MR) is 31.6 cm³/mol. The summed E-state index contributed by atoms with van der Waals surface area (Å²) in [6.45, 7) is 0. The van der Waals surface area contributed by atoms with E-state index in [2.05, 4.69) is 0 Å². The normalized spacial score (nSPS) is 8.91. The van der Waals surface area contributed by atoms with Crippen LogP contribution in [-0.2, 0) is 9.59 Å². The van der Waals surface area contributed by atoms with Crippen LogP contribution in [0.25, 0.3) is 0 Å². The van der Waals surface area contributed by atoms with Gasteiger partial charge in [-0.3, -0.25) is 9.59 Å². The molecule has 0 bridgehead atoms. The van der Waals surface area contributed by atoms with Crippen molar-refractivity contribution in [2.45, 2.75) is 18.9 Å². The molecule has 0 aliphatic heterocycles. The van der Waals surface area contributed by atoms with Crippen molar-refractivity contribution in [3.8, 4) is 0 Å². The molecule has 0 aromatic carbocycles. The number of aliphatic hydroxyl groups excluding tert-OH is 1. The minimum Gasteiger partial charge on any atom is -1.00 e. The topological polar surface area (TPSA) is 94.8 Å². The van der Waals surface area contributed by atoms with Gasteiger partial charge in [-0.15, -0.1) is 0 Å². The summed E-state index contributed by atoms with van der Waals surface area (Å²) in [5.41, 5.74) is 0. The van der Waals surface area contributed by atoms with Gasteiger partial charge in [0.1, 0.15) is 0 Å². The number of carboxylic acids is 2. The van der Waals surface area contributed by atoms with Crippen molar-refractivity contribution >= 4 is 11.9 Å². The second kappa shape index (κ2) is 7.20. The Bertz CT molecular complexity index is 135. The van der Waals surface area contributed by atoms with E-state index in [1.54, 1.807) is 0 Å². The molecule has 0 rings (SSSR count). The first kappa shape index (κ1) is 14.1. The van der Waals surface area contributed by atoms with Gasteiger partial charge >= 0.3 is 63.3 Å². The molecule has 0 unspecified atom stereocenters. The van der Waals surface area contributed by atoms with Gasteiger partial charge in [0.05, 0.1) is 18.9 Å². The number of carboxylic acid groups (broad SMARTS) is 2. The van der Waals surface area contributed by atoms with Crippen LogP contribution in [0.15, 0.2) is 0 Å². The van der Waals surface area contributed by atoms with E-state index in [4.69, 9.17) is 15.3 Å². The molecular weight excluding hydrogens is 179 g/mol. The smallest absolute Gasteiger partial charge is 1.00 e. The van der Waals surface area contributed by atoms with Gasteiger partial charge in [0.25, 0.3) is 0 Å². The van der Waals surface area contributed by atoms with Crippen LogP contribution in [-0.4, -0.2) is 33.4 Å². The quantitative estimate of drug-likeness (QED) is 0.396. The predicted octanol–water partition coefficient (Wildman–Crippen LogP) is -3.59. The zero-order chi connectivity index (χ0) is 8.15. The van der Waals surface area contributed by atoms with Crippen molar-refractivity contribution < 1.29 is 77.7 Å². The van der Waals surface area contributed by atoms with E-state index in [1.807, 2.05) is 0 Å². The molecule has 0 saturated carbocycles. The minimum atomic E-state index is -1.28. The number of carbonyl (C=O) groups is 2. The van der Waals surface area contributed by atoms with E-state index in [-0.39, 0.29) is 52.8 Å². The second-order valence-corrected chi connectivity index (χ2v) is 1.85. The van der Waals surface area contributed by atoms with Gasteiger partial charge in [-0.25, -0.2) is 0 Å². The third-order valence-electron chi connectivity index (χ3n) is 0.820. The van der Waals surface area contributed by atoms with Crippen LogP contribution < -0.4 is 51.4 Å². The summed E-state index contributed by atoms with van der Waals surface area (Å²) in [7, 11) is 0. The van der Waals surface area contributed by atoms with E-state index in [9.17, 15) is 9.59 Å². The van der Waals surface area contributed by atoms with Gasteiger partial charge in [0.15, 0.2) is 0 Å². The van der Waals surface area contributed by atoms with Crippen LogP contribution in [0.3, 0.4) is 0 Å². The van der Waals surface area contributed by atoms with Gasteiger partial charge in [0, 0.05) is 0 Å². The monoisotopic (exact) mass is 188 g/mol. The average molecular weight is 188 g/mol. The fraction of sp³-hybridized carbons (Fsp3) is 0.600. The Labute approximate surface area is 107 Å². The maximum absolute atomic E-state index is 9.84. The van der Waals surface area contributed by atoms with Crippen LogP contribution >= 0.6 is 0 Å². The minimum absolute atomic E-state index is 0. The van der Waals surface area contributed by atoms with Crippen LogP contribution in [0.4, 0.5) is 0 Å². The molecule has 11 heavy (non-hydrogen) atoms. The largest absolute Gasteiger partial charge is 1.00 e. The van der Waals surface area contributed by atoms with E-state index >= 15 is 0 Å². The molecule has 0 amide bonds. The summed E-state index contributed by atoms with van der Waals surface area (Å²) in [6, 6.07) is 0. The molecule has 0 radical (unpaired) electrons. The first-order valence-corrected chi connectivity index (χ1v) is 2.64. The summed E-state index contributed by atoms with van der Waals surface area (Å²) in [4.78, 5) is 19.7. The Balaban J connectivity index is -0.000000405. The first-order chi connectivity index (χ1) is 4.52. The second-order valence-electron chi connectivity index (χ2n) is 1.85. The maximum atomic E-state index is 9.84. The van der Waals surface area contributed by atoms with Crippen LogP contribution in [0.2, 0.25) is 0 Å². The van der Waals surface area contributed by atoms with Crippen LogP contribution in [0, 0.1) is 0 Å². The Kier molecular flexibility index (Phi) is 9.22. The zero-order valence-electron chi connectivity index (χ0n) is 7.15. The van der Waals surface area contributed by atoms with Crippen molar-refractivity contribution in [2.24, 2.45) is 0 Å². The fourth-order valence-electron chi connectivity index (χ4n) is 0.475. The molecule has 0 saturated heterocycles. The van der Waals surface area contributed by atoms with Gasteiger partial charge in [-0.2, -0.15) is 0 Å². The molecule has 0 aromatic heterocycles. The Morgan fingerprint density at radius 2 is 1.45 bits per heavy atom. The van der Waals surface area contributed by atoms with Crippen molar-refractivity contribution in [1.29, 1.82) is 0 Å². The maximum Gasteiger partial charge on any atom is 1.00 e. The molecule has 5 nitrogen and oxygen atoms in total. The molecule has 60 valence electrons. The molecular formula is C5H9KO5. The fourth-order valence-corrected chi connectivity index (χ4v) is 0.475. The van der Waals surface area contributed by atoms with E-state index in [0.717, 1.165) is 0 Å². The Morgan fingerprint density at radius 3 is 1.64 bits per heavy atom. The molecule has 3 N–H and O–H groups in total. The molecule has 0 spiro atoms.